The van der Waals surface area contributed by atoms with Crippen molar-refractivity contribution in [1.29, 1.82) is 0 Å². The zero-order valence-corrected chi connectivity index (χ0v) is 9.39. The fraction of sp³-hybridized carbons (Fsp3) is 0.556. The summed E-state index contributed by atoms with van der Waals surface area (Å²) in [5.41, 5.74) is 0. The highest BCUT2D eigenvalue weighted by molar-refractivity contribution is 7.99. The Morgan fingerprint density at radius 1 is 1.54 bits per heavy atom. The van der Waals surface area contributed by atoms with Gasteiger partial charge in [-0.1, -0.05) is 13.3 Å². The predicted octanol–water partition coefficient (Wildman–Crippen LogP) is 2.52. The summed E-state index contributed by atoms with van der Waals surface area (Å²) >= 11 is 6.05. The van der Waals surface area contributed by atoms with Gasteiger partial charge in [-0.3, -0.25) is 4.98 Å². The first-order chi connectivity index (χ1) is 6.36. The van der Waals surface area contributed by atoms with Crippen LogP contribution in [0.4, 0.5) is 0 Å². The van der Waals surface area contributed by atoms with Gasteiger partial charge >= 0.3 is 0 Å². The Balaban J connectivity index is 2.34. The quantitative estimate of drug-likeness (QED) is 0.602. The molecule has 0 radical (unpaired) electrons. The molecule has 0 aliphatic carbocycles. The van der Waals surface area contributed by atoms with Crippen LogP contribution in [0.2, 0.25) is 0 Å². The van der Waals surface area contributed by atoms with Gasteiger partial charge in [-0.2, -0.15) is 12.6 Å². The molecule has 13 heavy (non-hydrogen) atoms. The molecule has 1 atom stereocenters. The Bertz CT molecular complexity index is 224. The molecule has 2 nitrogen and oxygen atoms in total. The Morgan fingerprint density at radius 3 is 2.92 bits per heavy atom. The molecule has 72 valence electrons. The molecule has 1 heterocycles. The molecule has 0 N–H and O–H groups in total. The smallest absolute Gasteiger partial charge is 0.114 e. The summed E-state index contributed by atoms with van der Waals surface area (Å²) in [4.78, 5) is 8.21. The van der Waals surface area contributed by atoms with Crippen molar-refractivity contribution in [3.63, 3.8) is 0 Å². The van der Waals surface area contributed by atoms with Crippen LogP contribution in [0.25, 0.3) is 0 Å². The maximum absolute atomic E-state index is 4.29. The third kappa shape index (κ3) is 4.00. The molecule has 0 fully saturated rings. The maximum Gasteiger partial charge on any atom is 0.114 e. The van der Waals surface area contributed by atoms with Crippen LogP contribution in [0, 0.1) is 5.92 Å². The van der Waals surface area contributed by atoms with Gasteiger partial charge in [-0.05, 0) is 11.7 Å². The molecule has 0 bridgehead atoms. The van der Waals surface area contributed by atoms with Gasteiger partial charge in [0.05, 0.1) is 6.20 Å². The summed E-state index contributed by atoms with van der Waals surface area (Å²) in [5.74, 6) is 2.71. The zero-order chi connectivity index (χ0) is 9.52. The molecule has 0 spiro atoms. The van der Waals surface area contributed by atoms with E-state index in [9.17, 15) is 0 Å². The molecule has 1 rings (SSSR count). The Labute approximate surface area is 89.0 Å². The SMILES string of the molecule is CCC(CS)CSc1cnccn1. The van der Waals surface area contributed by atoms with Crippen molar-refractivity contribution in [2.75, 3.05) is 11.5 Å². The van der Waals surface area contributed by atoms with Gasteiger partial charge in [0.1, 0.15) is 5.03 Å². The Morgan fingerprint density at radius 2 is 2.38 bits per heavy atom. The van der Waals surface area contributed by atoms with Gasteiger partial charge < -0.3 is 0 Å². The van der Waals surface area contributed by atoms with E-state index >= 15 is 0 Å². The lowest BCUT2D eigenvalue weighted by Gasteiger charge is -2.09. The number of nitrogens with zero attached hydrogens (tertiary/aromatic N) is 2. The lowest BCUT2D eigenvalue weighted by Crippen LogP contribution is -2.03. The number of hydrogen-bond acceptors (Lipinski definition) is 4. The van der Waals surface area contributed by atoms with Crippen molar-refractivity contribution in [2.45, 2.75) is 18.4 Å². The van der Waals surface area contributed by atoms with Crippen LogP contribution in [-0.4, -0.2) is 21.5 Å². The summed E-state index contributed by atoms with van der Waals surface area (Å²) in [6.07, 6.45) is 6.40. The highest BCUT2D eigenvalue weighted by Gasteiger charge is 2.04. The lowest BCUT2D eigenvalue weighted by molar-refractivity contribution is 0.649. The fourth-order valence-electron chi connectivity index (χ4n) is 0.863. The van der Waals surface area contributed by atoms with Crippen molar-refractivity contribution in [2.24, 2.45) is 5.92 Å². The minimum Gasteiger partial charge on any atom is -0.260 e. The largest absolute Gasteiger partial charge is 0.260 e. The van der Waals surface area contributed by atoms with Gasteiger partial charge in [0.15, 0.2) is 0 Å². The first-order valence-corrected chi connectivity index (χ1v) is 5.98. The van der Waals surface area contributed by atoms with Gasteiger partial charge in [0.25, 0.3) is 0 Å². The monoisotopic (exact) mass is 214 g/mol. The van der Waals surface area contributed by atoms with E-state index in [1.54, 1.807) is 30.4 Å². The average Bonchev–Trinajstić information content (AvgIpc) is 2.21. The molecule has 1 aromatic rings. The van der Waals surface area contributed by atoms with Crippen LogP contribution in [0.3, 0.4) is 0 Å². The minimum atomic E-state index is 0.676. The molecule has 0 aliphatic rings. The number of thioether (sulfide) groups is 1. The van der Waals surface area contributed by atoms with Gasteiger partial charge in [-0.25, -0.2) is 4.98 Å². The van der Waals surface area contributed by atoms with Gasteiger partial charge in [0, 0.05) is 18.1 Å². The van der Waals surface area contributed by atoms with Crippen molar-refractivity contribution in [3.05, 3.63) is 18.6 Å². The van der Waals surface area contributed by atoms with Crippen LogP contribution in [0.1, 0.15) is 13.3 Å². The van der Waals surface area contributed by atoms with Crippen molar-refractivity contribution < 1.29 is 0 Å². The number of thiol groups is 1. The second-order valence-corrected chi connectivity index (χ2v) is 4.22. The second-order valence-electron chi connectivity index (χ2n) is 2.81. The molecule has 1 aromatic heterocycles. The number of hydrogen-bond donors (Lipinski definition) is 1. The third-order valence-corrected chi connectivity index (χ3v) is 3.50. The normalized spacial score (nSPS) is 12.8. The summed E-state index contributed by atoms with van der Waals surface area (Å²) in [5, 5.41) is 1.00. The van der Waals surface area contributed by atoms with E-state index in [4.69, 9.17) is 0 Å². The summed E-state index contributed by atoms with van der Waals surface area (Å²) in [6.45, 7) is 2.19. The standard InChI is InChI=1S/C9H14N2S2/c1-2-8(6-12)7-13-9-5-10-3-4-11-9/h3-5,8,12H,2,6-7H2,1H3. The molecule has 1 unspecified atom stereocenters. The topological polar surface area (TPSA) is 25.8 Å². The van der Waals surface area contributed by atoms with Crippen molar-refractivity contribution in [1.82, 2.24) is 9.97 Å². The van der Waals surface area contributed by atoms with Crippen molar-refractivity contribution in [3.8, 4) is 0 Å². The molecule has 0 saturated heterocycles. The molecule has 0 aliphatic heterocycles. The van der Waals surface area contributed by atoms with E-state index < -0.39 is 0 Å². The van der Waals surface area contributed by atoms with Crippen LogP contribution >= 0.6 is 24.4 Å². The molecule has 0 saturated carbocycles. The minimum absolute atomic E-state index is 0.676. The van der Waals surface area contributed by atoms with Crippen LogP contribution < -0.4 is 0 Å². The molecule has 4 heteroatoms. The Kier molecular flexibility index (Phi) is 5.23. The van der Waals surface area contributed by atoms with E-state index in [1.807, 2.05) is 0 Å². The van der Waals surface area contributed by atoms with Gasteiger partial charge in [-0.15, -0.1) is 11.8 Å². The Hall–Kier alpha value is -0.220. The fourth-order valence-corrected chi connectivity index (χ4v) is 2.46. The van der Waals surface area contributed by atoms with E-state index in [1.165, 1.54) is 6.42 Å². The molecular formula is C9H14N2S2. The maximum atomic E-state index is 4.29. The van der Waals surface area contributed by atoms with E-state index in [-0.39, 0.29) is 0 Å². The highest BCUT2D eigenvalue weighted by atomic mass is 32.2. The average molecular weight is 214 g/mol. The second kappa shape index (κ2) is 6.27. The number of rotatable bonds is 5. The van der Waals surface area contributed by atoms with E-state index in [0.717, 1.165) is 16.5 Å². The van der Waals surface area contributed by atoms with Crippen LogP contribution in [-0.2, 0) is 0 Å². The van der Waals surface area contributed by atoms with E-state index in [2.05, 4.69) is 29.5 Å². The predicted molar refractivity (Wildman–Crippen MR) is 60.4 cm³/mol. The third-order valence-electron chi connectivity index (χ3n) is 1.84. The molecular weight excluding hydrogens is 200 g/mol. The lowest BCUT2D eigenvalue weighted by atomic mass is 10.2. The van der Waals surface area contributed by atoms with Crippen molar-refractivity contribution >= 4 is 24.4 Å². The number of aromatic nitrogens is 2. The first kappa shape index (κ1) is 10.9. The summed E-state index contributed by atoms with van der Waals surface area (Å²) < 4.78 is 0. The molecule has 0 amide bonds. The highest BCUT2D eigenvalue weighted by Crippen LogP contribution is 2.19. The summed E-state index contributed by atoms with van der Waals surface area (Å²) in [7, 11) is 0. The molecule has 0 aromatic carbocycles. The first-order valence-electron chi connectivity index (χ1n) is 4.36. The van der Waals surface area contributed by atoms with Crippen LogP contribution in [0.5, 0.6) is 0 Å². The van der Waals surface area contributed by atoms with E-state index in [0.29, 0.717) is 5.92 Å². The van der Waals surface area contributed by atoms with Gasteiger partial charge in [0.2, 0.25) is 0 Å². The summed E-state index contributed by atoms with van der Waals surface area (Å²) in [6, 6.07) is 0. The zero-order valence-electron chi connectivity index (χ0n) is 7.68. The van der Waals surface area contributed by atoms with Crippen LogP contribution in [0.15, 0.2) is 23.6 Å².